The lowest BCUT2D eigenvalue weighted by molar-refractivity contribution is -0.858. The lowest BCUT2D eigenvalue weighted by Gasteiger charge is -2.18. The second-order valence-electron chi connectivity index (χ2n) is 9.78. The lowest BCUT2D eigenvalue weighted by atomic mass is 10.0. The molecular formula is C28H53NO5P+. The van der Waals surface area contributed by atoms with Crippen molar-refractivity contribution in [3.63, 3.8) is 0 Å². The largest absolute Gasteiger partial charge is 0.491 e. The standard InChI is InChI=1S/C28H52NO5P/c1-5-6-7-8-9-10-11-12-13-14-15-16-18-26-19-17-20-27(23-26)32-24-28(31-4)25-34-35(30)33-22-21-29(2)3/h17,19-20,23,28,30H,5-16,18,21-22,24-25H2,1-4H3/p+1. The number of methoxy groups -OCH3 is 1. The number of hydrogen-bond donors (Lipinski definition) is 2. The Hall–Kier alpha value is -0.750. The first kappa shape index (κ1) is 32.3. The van der Waals surface area contributed by atoms with E-state index in [0.717, 1.165) is 18.7 Å². The molecule has 1 aromatic carbocycles. The highest BCUT2D eigenvalue weighted by atomic mass is 31.2. The van der Waals surface area contributed by atoms with E-state index in [9.17, 15) is 4.89 Å². The quantitative estimate of drug-likeness (QED) is 0.136. The van der Waals surface area contributed by atoms with Crippen molar-refractivity contribution in [1.29, 1.82) is 0 Å². The maximum Gasteiger partial charge on any atom is 0.330 e. The molecule has 0 radical (unpaired) electrons. The van der Waals surface area contributed by atoms with E-state index in [4.69, 9.17) is 18.5 Å². The summed E-state index contributed by atoms with van der Waals surface area (Å²) in [5, 5.41) is 0. The summed E-state index contributed by atoms with van der Waals surface area (Å²) < 4.78 is 22.1. The van der Waals surface area contributed by atoms with E-state index in [1.54, 1.807) is 7.11 Å². The van der Waals surface area contributed by atoms with E-state index in [2.05, 4.69) is 25.1 Å². The lowest BCUT2D eigenvalue weighted by Crippen LogP contribution is -3.06. The number of likely N-dealkylation sites (N-methyl/N-ethyl adjacent to an activating group) is 1. The van der Waals surface area contributed by atoms with Gasteiger partial charge in [-0.1, -0.05) is 89.7 Å². The molecule has 0 aromatic heterocycles. The average Bonchev–Trinajstić information content (AvgIpc) is 2.85. The topological polar surface area (TPSA) is 61.6 Å². The van der Waals surface area contributed by atoms with E-state index in [0.29, 0.717) is 13.2 Å². The van der Waals surface area contributed by atoms with Crippen LogP contribution in [0.1, 0.15) is 89.5 Å². The van der Waals surface area contributed by atoms with Crippen molar-refractivity contribution in [1.82, 2.24) is 0 Å². The first-order chi connectivity index (χ1) is 17.0. The van der Waals surface area contributed by atoms with Crippen LogP contribution >= 0.6 is 8.60 Å². The summed E-state index contributed by atoms with van der Waals surface area (Å²) >= 11 is 0. The van der Waals surface area contributed by atoms with Gasteiger partial charge in [0.05, 0.1) is 20.7 Å². The number of hydrogen-bond acceptors (Lipinski definition) is 5. The van der Waals surface area contributed by atoms with Gasteiger partial charge >= 0.3 is 8.60 Å². The number of quaternary nitrogens is 1. The molecule has 2 unspecified atom stereocenters. The third-order valence-corrected chi connectivity index (χ3v) is 6.93. The number of nitrogens with one attached hydrogen (secondary N) is 1. The van der Waals surface area contributed by atoms with Crippen LogP contribution in [0, 0.1) is 0 Å². The first-order valence-electron chi connectivity index (χ1n) is 13.8. The SMILES string of the molecule is CCCCCCCCCCCCCCc1cccc(OCC(COP(O)OCC[NH+](C)C)OC)c1. The number of benzene rings is 1. The summed E-state index contributed by atoms with van der Waals surface area (Å²) in [7, 11) is 3.81. The summed E-state index contributed by atoms with van der Waals surface area (Å²) in [4.78, 5) is 11.1. The van der Waals surface area contributed by atoms with Gasteiger partial charge in [0.25, 0.3) is 0 Å². The molecule has 6 nitrogen and oxygen atoms in total. The van der Waals surface area contributed by atoms with Gasteiger partial charge < -0.3 is 28.3 Å². The van der Waals surface area contributed by atoms with Gasteiger partial charge in [-0.15, -0.1) is 0 Å². The maximum absolute atomic E-state index is 9.85. The highest BCUT2D eigenvalue weighted by molar-refractivity contribution is 7.40. The van der Waals surface area contributed by atoms with Crippen molar-refractivity contribution in [2.75, 3.05) is 47.6 Å². The highest BCUT2D eigenvalue weighted by Gasteiger charge is 2.14. The average molecular weight is 515 g/mol. The molecule has 204 valence electrons. The van der Waals surface area contributed by atoms with E-state index in [-0.39, 0.29) is 12.7 Å². The minimum atomic E-state index is -1.89. The van der Waals surface area contributed by atoms with Gasteiger partial charge in [0.2, 0.25) is 0 Å². The van der Waals surface area contributed by atoms with Crippen LogP contribution in [-0.4, -0.2) is 58.6 Å². The Labute approximate surface area is 216 Å². The fraction of sp³-hybridized carbons (Fsp3) is 0.786. The van der Waals surface area contributed by atoms with Crippen molar-refractivity contribution >= 4 is 8.60 Å². The smallest absolute Gasteiger partial charge is 0.330 e. The molecule has 1 aromatic rings. The number of aryl methyl sites for hydroxylation is 1. The predicted molar refractivity (Wildman–Crippen MR) is 146 cm³/mol. The number of rotatable bonds is 24. The van der Waals surface area contributed by atoms with E-state index in [1.165, 1.54) is 87.5 Å². The van der Waals surface area contributed by atoms with Crippen LogP contribution in [-0.2, 0) is 20.2 Å². The molecule has 0 spiro atoms. The molecule has 0 fully saturated rings. The molecule has 2 atom stereocenters. The Bertz CT molecular complexity index is 604. The van der Waals surface area contributed by atoms with Gasteiger partial charge in [-0.2, -0.15) is 0 Å². The molecule has 0 heterocycles. The van der Waals surface area contributed by atoms with Crippen molar-refractivity contribution in [3.8, 4) is 5.75 Å². The summed E-state index contributed by atoms with van der Waals surface area (Å²) in [5.41, 5.74) is 1.31. The van der Waals surface area contributed by atoms with Crippen molar-refractivity contribution in [2.45, 2.75) is 96.5 Å². The third kappa shape index (κ3) is 19.1. The van der Waals surface area contributed by atoms with Crippen LogP contribution in [0.4, 0.5) is 0 Å². The highest BCUT2D eigenvalue weighted by Crippen LogP contribution is 2.32. The molecule has 35 heavy (non-hydrogen) atoms. The van der Waals surface area contributed by atoms with Crippen LogP contribution in [0.3, 0.4) is 0 Å². The minimum absolute atomic E-state index is 0.228. The monoisotopic (exact) mass is 514 g/mol. The van der Waals surface area contributed by atoms with Crippen LogP contribution in [0.25, 0.3) is 0 Å². The molecule has 0 aliphatic carbocycles. The predicted octanol–water partition coefficient (Wildman–Crippen LogP) is 5.72. The molecule has 0 aliphatic rings. The molecule has 0 saturated heterocycles. The number of ether oxygens (including phenoxy) is 2. The van der Waals surface area contributed by atoms with Gasteiger partial charge in [-0.3, -0.25) is 0 Å². The van der Waals surface area contributed by atoms with Gasteiger partial charge in [0, 0.05) is 7.11 Å². The molecule has 2 N–H and O–H groups in total. The second kappa shape index (κ2) is 22.4. The third-order valence-electron chi connectivity index (χ3n) is 6.16. The van der Waals surface area contributed by atoms with E-state index in [1.807, 2.05) is 20.2 Å². The second-order valence-corrected chi connectivity index (χ2v) is 10.8. The van der Waals surface area contributed by atoms with E-state index < -0.39 is 8.60 Å². The summed E-state index contributed by atoms with van der Waals surface area (Å²) in [6, 6.07) is 8.33. The molecule has 0 amide bonds. The molecule has 0 aliphatic heterocycles. The molecule has 1 rings (SSSR count). The summed E-state index contributed by atoms with van der Waals surface area (Å²) in [6.07, 6.45) is 17.3. The normalized spacial score (nSPS) is 13.3. The van der Waals surface area contributed by atoms with Gasteiger partial charge in [-0.05, 0) is 30.5 Å². The van der Waals surface area contributed by atoms with Gasteiger partial charge in [-0.25, -0.2) is 0 Å². The molecule has 0 saturated carbocycles. The van der Waals surface area contributed by atoms with Gasteiger partial charge in [0.1, 0.15) is 31.6 Å². The Morgan fingerprint density at radius 1 is 0.857 bits per heavy atom. The zero-order valence-corrected chi connectivity index (χ0v) is 23.8. The first-order valence-corrected chi connectivity index (χ1v) is 15.0. The van der Waals surface area contributed by atoms with E-state index >= 15 is 0 Å². The number of unbranched alkanes of at least 4 members (excludes halogenated alkanes) is 11. The fourth-order valence-corrected chi connectivity index (χ4v) is 4.46. The summed E-state index contributed by atoms with van der Waals surface area (Å²) in [6.45, 7) is 4.15. The Kier molecular flexibility index (Phi) is 20.7. The van der Waals surface area contributed by atoms with Gasteiger partial charge in [0.15, 0.2) is 0 Å². The molecule has 0 bridgehead atoms. The summed E-state index contributed by atoms with van der Waals surface area (Å²) in [5.74, 6) is 0.847. The van der Waals surface area contributed by atoms with Crippen molar-refractivity contribution < 1.29 is 28.3 Å². The Morgan fingerprint density at radius 3 is 2.09 bits per heavy atom. The zero-order valence-electron chi connectivity index (χ0n) is 22.9. The van der Waals surface area contributed by atoms with Crippen LogP contribution < -0.4 is 9.64 Å². The Balaban J connectivity index is 2.13. The minimum Gasteiger partial charge on any atom is -0.491 e. The van der Waals surface area contributed by atoms with Crippen LogP contribution in [0.2, 0.25) is 0 Å². The van der Waals surface area contributed by atoms with Crippen LogP contribution in [0.15, 0.2) is 24.3 Å². The van der Waals surface area contributed by atoms with Crippen molar-refractivity contribution in [2.24, 2.45) is 0 Å². The van der Waals surface area contributed by atoms with Crippen LogP contribution in [0.5, 0.6) is 5.75 Å². The molecule has 7 heteroatoms. The van der Waals surface area contributed by atoms with Crippen molar-refractivity contribution in [3.05, 3.63) is 29.8 Å². The Morgan fingerprint density at radius 2 is 1.49 bits per heavy atom. The molecular weight excluding hydrogens is 461 g/mol. The maximum atomic E-state index is 9.85. The fourth-order valence-electron chi connectivity index (χ4n) is 3.85. The zero-order chi connectivity index (χ0) is 25.6.